The van der Waals surface area contributed by atoms with Crippen molar-refractivity contribution in [3.8, 4) is 17.0 Å². The average Bonchev–Trinajstić information content (AvgIpc) is 2.80. The van der Waals surface area contributed by atoms with Crippen molar-refractivity contribution in [1.29, 1.82) is 0 Å². The summed E-state index contributed by atoms with van der Waals surface area (Å²) in [6.07, 6.45) is 1.74. The van der Waals surface area contributed by atoms with E-state index in [0.717, 1.165) is 5.52 Å². The second-order valence-corrected chi connectivity index (χ2v) is 5.21. The van der Waals surface area contributed by atoms with Crippen molar-refractivity contribution >= 4 is 44.5 Å². The molecule has 1 aromatic carbocycles. The Kier molecular flexibility index (Phi) is 2.83. The van der Waals surface area contributed by atoms with Crippen molar-refractivity contribution in [2.75, 3.05) is 5.73 Å². The Balaban J connectivity index is 2.35. The fourth-order valence-electron chi connectivity index (χ4n) is 1.88. The van der Waals surface area contributed by atoms with Gasteiger partial charge in [0.05, 0.1) is 20.5 Å². The third kappa shape index (κ3) is 2.02. The first-order valence-electron chi connectivity index (χ1n) is 5.35. The minimum Gasteiger partial charge on any atom is -0.507 e. The fraction of sp³-hybridized carbons (Fsp3) is 0. The van der Waals surface area contributed by atoms with Crippen LogP contribution < -0.4 is 5.73 Å². The number of halogens is 2. The van der Waals surface area contributed by atoms with Gasteiger partial charge in [-0.15, -0.1) is 0 Å². The van der Waals surface area contributed by atoms with Crippen LogP contribution in [0.3, 0.4) is 0 Å². The number of nitrogens with one attached hydrogen (secondary N) is 1. The van der Waals surface area contributed by atoms with E-state index in [4.69, 9.17) is 17.3 Å². The van der Waals surface area contributed by atoms with Gasteiger partial charge in [-0.3, -0.25) is 0 Å². The van der Waals surface area contributed by atoms with Gasteiger partial charge in [-0.05, 0) is 34.1 Å². The Bertz CT molecular complexity index is 787. The summed E-state index contributed by atoms with van der Waals surface area (Å²) in [6, 6.07) is 4.94. The molecule has 0 aliphatic carbocycles. The number of aromatic hydroxyl groups is 1. The number of rotatable bonds is 1. The van der Waals surface area contributed by atoms with Gasteiger partial charge in [0.1, 0.15) is 11.4 Å². The SMILES string of the molecule is Nc1nc(-c2cc(O)c(Br)cc2Cl)c2[nH]ccc2n1. The molecule has 0 saturated carbocycles. The molecular formula is C12H8BrClN4O. The highest BCUT2D eigenvalue weighted by Crippen LogP contribution is 2.37. The minimum absolute atomic E-state index is 0.0799. The molecule has 0 fully saturated rings. The molecule has 7 heteroatoms. The van der Waals surface area contributed by atoms with Crippen LogP contribution in [0.5, 0.6) is 5.75 Å². The number of fused-ring (bicyclic) bond motifs is 1. The third-order valence-corrected chi connectivity index (χ3v) is 3.66. The molecule has 0 atom stereocenters. The Morgan fingerprint density at radius 1 is 1.32 bits per heavy atom. The predicted molar refractivity (Wildman–Crippen MR) is 78.1 cm³/mol. The van der Waals surface area contributed by atoms with Crippen molar-refractivity contribution in [3.63, 3.8) is 0 Å². The average molecular weight is 340 g/mol. The van der Waals surface area contributed by atoms with Gasteiger partial charge in [0.25, 0.3) is 0 Å². The zero-order valence-electron chi connectivity index (χ0n) is 9.48. The Morgan fingerprint density at radius 3 is 2.89 bits per heavy atom. The van der Waals surface area contributed by atoms with E-state index in [1.807, 2.05) is 0 Å². The molecule has 3 rings (SSSR count). The first-order chi connectivity index (χ1) is 9.06. The standard InChI is InChI=1S/C12H8BrClN4O/c13-6-4-7(14)5(3-9(6)19)10-11-8(1-2-16-11)17-12(15)18-10/h1-4,16,19H,(H2,15,17,18). The molecule has 0 bridgehead atoms. The van der Waals surface area contributed by atoms with Crippen molar-refractivity contribution < 1.29 is 5.11 Å². The first-order valence-corrected chi connectivity index (χ1v) is 6.52. The number of nitrogens with zero attached hydrogens (tertiary/aromatic N) is 2. The van der Waals surface area contributed by atoms with Crippen LogP contribution in [0.4, 0.5) is 5.95 Å². The molecule has 0 aliphatic heterocycles. The van der Waals surface area contributed by atoms with Crippen LogP contribution in [-0.2, 0) is 0 Å². The van der Waals surface area contributed by atoms with E-state index in [9.17, 15) is 5.11 Å². The molecule has 96 valence electrons. The highest BCUT2D eigenvalue weighted by Gasteiger charge is 2.14. The highest BCUT2D eigenvalue weighted by molar-refractivity contribution is 9.10. The lowest BCUT2D eigenvalue weighted by molar-refractivity contribution is 0.472. The first kappa shape index (κ1) is 12.3. The number of H-pyrrole nitrogens is 1. The largest absolute Gasteiger partial charge is 0.507 e. The minimum atomic E-state index is 0.0799. The summed E-state index contributed by atoms with van der Waals surface area (Å²) >= 11 is 9.41. The van der Waals surface area contributed by atoms with Crippen molar-refractivity contribution in [2.45, 2.75) is 0 Å². The van der Waals surface area contributed by atoms with Gasteiger partial charge in [0.15, 0.2) is 0 Å². The van der Waals surface area contributed by atoms with Crippen LogP contribution in [0.15, 0.2) is 28.9 Å². The molecule has 2 aromatic heterocycles. The number of anilines is 1. The smallest absolute Gasteiger partial charge is 0.221 e. The number of nitrogen functional groups attached to an aromatic ring is 1. The number of nitrogens with two attached hydrogens (primary N) is 1. The van der Waals surface area contributed by atoms with Gasteiger partial charge in [-0.2, -0.15) is 0 Å². The third-order valence-electron chi connectivity index (χ3n) is 2.71. The monoisotopic (exact) mass is 338 g/mol. The molecule has 3 aromatic rings. The normalized spacial score (nSPS) is 11.1. The van der Waals surface area contributed by atoms with Crippen molar-refractivity contribution in [1.82, 2.24) is 15.0 Å². The molecule has 0 unspecified atom stereocenters. The quantitative estimate of drug-likeness (QED) is 0.634. The molecule has 0 amide bonds. The number of phenolic OH excluding ortho intramolecular Hbond substituents is 1. The zero-order valence-corrected chi connectivity index (χ0v) is 11.8. The van der Waals surface area contributed by atoms with E-state index >= 15 is 0 Å². The second kappa shape index (κ2) is 4.40. The summed E-state index contributed by atoms with van der Waals surface area (Å²) < 4.78 is 0.519. The Labute approximate surface area is 121 Å². The summed E-state index contributed by atoms with van der Waals surface area (Å²) in [4.78, 5) is 11.4. The summed E-state index contributed by atoms with van der Waals surface area (Å²) in [5, 5.41) is 10.2. The van der Waals surface area contributed by atoms with E-state index < -0.39 is 0 Å². The van der Waals surface area contributed by atoms with Crippen molar-refractivity contribution in [3.05, 3.63) is 33.9 Å². The molecule has 5 nitrogen and oxygen atoms in total. The van der Waals surface area contributed by atoms with Gasteiger partial charge < -0.3 is 15.8 Å². The summed E-state index contributed by atoms with van der Waals surface area (Å²) in [5.41, 5.74) is 8.25. The lowest BCUT2D eigenvalue weighted by Gasteiger charge is -2.08. The van der Waals surface area contributed by atoms with Gasteiger partial charge >= 0.3 is 0 Å². The van der Waals surface area contributed by atoms with Gasteiger partial charge in [-0.25, -0.2) is 9.97 Å². The second-order valence-electron chi connectivity index (χ2n) is 3.95. The van der Waals surface area contributed by atoms with Crippen LogP contribution in [0.25, 0.3) is 22.3 Å². The lowest BCUT2D eigenvalue weighted by Crippen LogP contribution is -1.97. The molecule has 4 N–H and O–H groups in total. The number of aromatic nitrogens is 3. The molecular weight excluding hydrogens is 332 g/mol. The molecule has 0 radical (unpaired) electrons. The van der Waals surface area contributed by atoms with E-state index in [-0.39, 0.29) is 11.7 Å². The summed E-state index contributed by atoms with van der Waals surface area (Å²) in [5.74, 6) is 0.233. The lowest BCUT2D eigenvalue weighted by atomic mass is 10.1. The molecule has 0 spiro atoms. The maximum atomic E-state index is 9.79. The Morgan fingerprint density at radius 2 is 2.11 bits per heavy atom. The number of hydrogen-bond acceptors (Lipinski definition) is 4. The summed E-state index contributed by atoms with van der Waals surface area (Å²) in [7, 11) is 0. The van der Waals surface area contributed by atoms with E-state index in [1.165, 1.54) is 6.07 Å². The topological polar surface area (TPSA) is 87.8 Å². The van der Waals surface area contributed by atoms with Crippen LogP contribution in [0.1, 0.15) is 0 Å². The summed E-state index contributed by atoms with van der Waals surface area (Å²) in [6.45, 7) is 0. The molecule has 0 aliphatic rings. The van der Waals surface area contributed by atoms with Gasteiger partial charge in [-0.1, -0.05) is 11.6 Å². The number of aromatic amines is 1. The molecule has 19 heavy (non-hydrogen) atoms. The molecule has 0 saturated heterocycles. The zero-order chi connectivity index (χ0) is 13.6. The Hall–Kier alpha value is -1.79. The highest BCUT2D eigenvalue weighted by atomic mass is 79.9. The van der Waals surface area contributed by atoms with E-state index in [0.29, 0.717) is 26.3 Å². The van der Waals surface area contributed by atoms with E-state index in [2.05, 4.69) is 30.9 Å². The maximum Gasteiger partial charge on any atom is 0.221 e. The van der Waals surface area contributed by atoms with Crippen LogP contribution in [-0.4, -0.2) is 20.1 Å². The van der Waals surface area contributed by atoms with Gasteiger partial charge in [0, 0.05) is 11.8 Å². The van der Waals surface area contributed by atoms with Gasteiger partial charge in [0.2, 0.25) is 5.95 Å². The van der Waals surface area contributed by atoms with E-state index in [1.54, 1.807) is 18.3 Å². The van der Waals surface area contributed by atoms with Crippen LogP contribution in [0.2, 0.25) is 5.02 Å². The number of hydrogen-bond donors (Lipinski definition) is 3. The number of benzene rings is 1. The number of phenols is 1. The molecule has 2 heterocycles. The fourth-order valence-corrected chi connectivity index (χ4v) is 2.61. The van der Waals surface area contributed by atoms with Crippen LogP contribution >= 0.6 is 27.5 Å². The van der Waals surface area contributed by atoms with Crippen LogP contribution in [0, 0.1) is 0 Å². The maximum absolute atomic E-state index is 9.79. The van der Waals surface area contributed by atoms with Crippen molar-refractivity contribution in [2.24, 2.45) is 0 Å². The predicted octanol–water partition coefficient (Wildman–Crippen LogP) is 3.33.